The third kappa shape index (κ3) is 3.44. The molecule has 1 atom stereocenters. The smallest absolute Gasteiger partial charge is 0.133 e. The number of fused-ring (bicyclic) bond motifs is 1. The van der Waals surface area contributed by atoms with Gasteiger partial charge in [-0.25, -0.2) is 0 Å². The second kappa shape index (κ2) is 6.26. The summed E-state index contributed by atoms with van der Waals surface area (Å²) in [7, 11) is 0. The highest BCUT2D eigenvalue weighted by Gasteiger charge is 2.36. The number of benzene rings is 1. The lowest BCUT2D eigenvalue weighted by molar-refractivity contribution is -0.117. The van der Waals surface area contributed by atoms with Crippen LogP contribution in [0.5, 0.6) is 0 Å². The molecule has 2 aliphatic rings. The van der Waals surface area contributed by atoms with Crippen molar-refractivity contribution in [1.82, 2.24) is 0 Å². The first-order valence-corrected chi connectivity index (χ1v) is 8.81. The van der Waals surface area contributed by atoms with Gasteiger partial charge in [-0.2, -0.15) is 0 Å². The molecule has 1 saturated carbocycles. The number of ketones is 1. The van der Waals surface area contributed by atoms with E-state index in [0.29, 0.717) is 11.7 Å². The van der Waals surface area contributed by atoms with Gasteiger partial charge in [0.2, 0.25) is 0 Å². The summed E-state index contributed by atoms with van der Waals surface area (Å²) in [6, 6.07) is 0. The summed E-state index contributed by atoms with van der Waals surface area (Å²) in [6.45, 7) is 19.6. The summed E-state index contributed by atoms with van der Waals surface area (Å²) in [6.07, 6.45) is 3.79. The van der Waals surface area contributed by atoms with E-state index >= 15 is 0 Å². The average molecular weight is 312 g/mol. The van der Waals surface area contributed by atoms with Gasteiger partial charge in [0, 0.05) is 12.8 Å². The number of carbonyl (C=O) groups is 1. The van der Waals surface area contributed by atoms with Crippen molar-refractivity contribution in [2.75, 3.05) is 0 Å². The molecule has 1 nitrogen and oxygen atoms in total. The van der Waals surface area contributed by atoms with Gasteiger partial charge in [0.15, 0.2) is 0 Å². The number of Topliss-reactive ketones (excluding diaryl/α,β-unsaturated/α-hetero) is 1. The van der Waals surface area contributed by atoms with Gasteiger partial charge in [0.05, 0.1) is 0 Å². The fourth-order valence-electron chi connectivity index (χ4n) is 3.88. The Balaban J connectivity index is 0.000000185. The Morgan fingerprint density at radius 1 is 0.913 bits per heavy atom. The third-order valence-corrected chi connectivity index (χ3v) is 6.33. The monoisotopic (exact) mass is 312 g/mol. The van der Waals surface area contributed by atoms with E-state index in [4.69, 9.17) is 0 Å². The maximum absolute atomic E-state index is 10.9. The Labute approximate surface area is 142 Å². The van der Waals surface area contributed by atoms with Crippen LogP contribution in [-0.2, 0) is 17.6 Å². The van der Waals surface area contributed by atoms with Gasteiger partial charge < -0.3 is 0 Å². The quantitative estimate of drug-likeness (QED) is 0.571. The second-order valence-corrected chi connectivity index (χ2v) is 8.37. The largest absolute Gasteiger partial charge is 0.300 e. The van der Waals surface area contributed by atoms with Crippen molar-refractivity contribution < 1.29 is 4.79 Å². The van der Waals surface area contributed by atoms with E-state index in [-0.39, 0.29) is 5.41 Å². The summed E-state index contributed by atoms with van der Waals surface area (Å²) >= 11 is 0. The number of allylic oxidation sites excluding steroid dienone is 1. The van der Waals surface area contributed by atoms with Crippen LogP contribution in [0.3, 0.4) is 0 Å². The molecule has 1 fully saturated rings. The summed E-state index contributed by atoms with van der Waals surface area (Å²) < 4.78 is 0. The maximum atomic E-state index is 10.9. The Morgan fingerprint density at radius 3 is 1.61 bits per heavy atom. The van der Waals surface area contributed by atoms with Crippen molar-refractivity contribution in [1.29, 1.82) is 0 Å². The van der Waals surface area contributed by atoms with Crippen LogP contribution in [0.15, 0.2) is 12.2 Å². The zero-order valence-corrected chi connectivity index (χ0v) is 16.0. The fourth-order valence-corrected chi connectivity index (χ4v) is 3.88. The highest BCUT2D eigenvalue weighted by molar-refractivity contribution is 5.81. The SMILES string of the molecule is C=C1Cc2c(C)c(C)c(C)c(C)c2C1.CC1CC(=O)CC1(C)C. The van der Waals surface area contributed by atoms with Crippen LogP contribution < -0.4 is 0 Å². The average Bonchev–Trinajstić information content (AvgIpc) is 2.94. The van der Waals surface area contributed by atoms with Gasteiger partial charge in [-0.15, -0.1) is 0 Å². The lowest BCUT2D eigenvalue weighted by Crippen LogP contribution is -2.13. The molecule has 23 heavy (non-hydrogen) atoms. The van der Waals surface area contributed by atoms with Crippen molar-refractivity contribution in [3.05, 3.63) is 45.5 Å². The van der Waals surface area contributed by atoms with Crippen molar-refractivity contribution in [3.63, 3.8) is 0 Å². The van der Waals surface area contributed by atoms with E-state index in [9.17, 15) is 4.79 Å². The lowest BCUT2D eigenvalue weighted by Gasteiger charge is -2.21. The summed E-state index contributed by atoms with van der Waals surface area (Å²) in [4.78, 5) is 10.9. The van der Waals surface area contributed by atoms with Crippen molar-refractivity contribution in [2.45, 2.75) is 74.1 Å². The molecule has 1 aromatic carbocycles. The minimum atomic E-state index is 0.275. The minimum Gasteiger partial charge on any atom is -0.300 e. The molecule has 0 amide bonds. The molecule has 0 N–H and O–H groups in total. The van der Waals surface area contributed by atoms with E-state index in [1.54, 1.807) is 11.1 Å². The van der Waals surface area contributed by atoms with E-state index in [1.807, 2.05) is 0 Å². The van der Waals surface area contributed by atoms with E-state index in [0.717, 1.165) is 25.7 Å². The highest BCUT2D eigenvalue weighted by Crippen LogP contribution is 2.39. The molecule has 0 radical (unpaired) electrons. The molecule has 0 spiro atoms. The van der Waals surface area contributed by atoms with Gasteiger partial charge in [0.1, 0.15) is 5.78 Å². The van der Waals surface area contributed by atoms with Crippen LogP contribution in [0.2, 0.25) is 0 Å². The first-order valence-electron chi connectivity index (χ1n) is 8.81. The normalized spacial score (nSPS) is 22.0. The summed E-state index contributed by atoms with van der Waals surface area (Å²) in [5.74, 6) is 1.03. The molecule has 0 bridgehead atoms. The van der Waals surface area contributed by atoms with E-state index in [1.165, 1.54) is 27.8 Å². The predicted molar refractivity (Wildman–Crippen MR) is 99.1 cm³/mol. The summed E-state index contributed by atoms with van der Waals surface area (Å²) in [5, 5.41) is 0. The molecule has 3 rings (SSSR count). The highest BCUT2D eigenvalue weighted by atomic mass is 16.1. The molecular weight excluding hydrogens is 280 g/mol. The first-order chi connectivity index (χ1) is 10.5. The van der Waals surface area contributed by atoms with E-state index in [2.05, 4.69) is 55.0 Å². The molecule has 1 heteroatoms. The Bertz CT molecular complexity index is 622. The molecule has 2 aliphatic carbocycles. The molecule has 0 heterocycles. The molecule has 1 unspecified atom stereocenters. The number of hydrogen-bond donors (Lipinski definition) is 0. The van der Waals surface area contributed by atoms with Crippen LogP contribution in [0, 0.1) is 39.0 Å². The van der Waals surface area contributed by atoms with Gasteiger partial charge in [-0.05, 0) is 85.3 Å². The third-order valence-electron chi connectivity index (χ3n) is 6.33. The van der Waals surface area contributed by atoms with Crippen LogP contribution in [0.25, 0.3) is 0 Å². The number of rotatable bonds is 0. The van der Waals surface area contributed by atoms with Gasteiger partial charge in [-0.1, -0.05) is 32.9 Å². The van der Waals surface area contributed by atoms with Crippen LogP contribution in [0.4, 0.5) is 0 Å². The second-order valence-electron chi connectivity index (χ2n) is 8.37. The summed E-state index contributed by atoms with van der Waals surface area (Å²) in [5.41, 5.74) is 10.7. The van der Waals surface area contributed by atoms with Crippen molar-refractivity contribution in [2.24, 2.45) is 11.3 Å². The molecule has 0 saturated heterocycles. The fraction of sp³-hybridized carbons (Fsp3) is 0.591. The van der Waals surface area contributed by atoms with Gasteiger partial charge >= 0.3 is 0 Å². The Morgan fingerprint density at radius 2 is 1.35 bits per heavy atom. The molecule has 126 valence electrons. The Hall–Kier alpha value is -1.37. The lowest BCUT2D eigenvalue weighted by atomic mass is 9.83. The molecule has 0 aromatic heterocycles. The van der Waals surface area contributed by atoms with Crippen LogP contribution in [0.1, 0.15) is 67.0 Å². The molecule has 1 aromatic rings. The minimum absolute atomic E-state index is 0.275. The zero-order valence-electron chi connectivity index (χ0n) is 16.0. The van der Waals surface area contributed by atoms with Gasteiger partial charge in [0.25, 0.3) is 0 Å². The van der Waals surface area contributed by atoms with Crippen LogP contribution in [-0.4, -0.2) is 5.78 Å². The van der Waals surface area contributed by atoms with Gasteiger partial charge in [-0.3, -0.25) is 4.79 Å². The van der Waals surface area contributed by atoms with Crippen molar-refractivity contribution in [3.8, 4) is 0 Å². The zero-order chi connectivity index (χ0) is 17.5. The standard InChI is InChI=1S/C14H18.C8H14O/c1-8-6-13-11(4)9(2)10(3)12(5)14(13)7-8;1-6-4-7(9)5-8(6,2)3/h1,6-7H2,2-5H3;6H,4-5H2,1-3H3. The number of carbonyl (C=O) groups excluding carboxylic acids is 1. The number of hydrogen-bond acceptors (Lipinski definition) is 1. The first kappa shape index (κ1) is 18.0. The topological polar surface area (TPSA) is 17.1 Å². The molecular formula is C22H32O. The predicted octanol–water partition coefficient (Wildman–Crippen LogP) is 5.59. The van der Waals surface area contributed by atoms with Crippen LogP contribution >= 0.6 is 0 Å². The van der Waals surface area contributed by atoms with E-state index < -0.39 is 0 Å². The Kier molecular flexibility index (Phi) is 4.89. The molecule has 0 aliphatic heterocycles. The maximum Gasteiger partial charge on any atom is 0.133 e. The van der Waals surface area contributed by atoms with Crippen molar-refractivity contribution >= 4 is 5.78 Å².